The van der Waals surface area contributed by atoms with Crippen LogP contribution in [0, 0.1) is 20.8 Å². The van der Waals surface area contributed by atoms with Crippen molar-refractivity contribution >= 4 is 18.0 Å². The van der Waals surface area contributed by atoms with Crippen molar-refractivity contribution < 1.29 is 9.53 Å². The van der Waals surface area contributed by atoms with E-state index in [0.717, 1.165) is 29.1 Å². The SMILES string of the molecule is CCN(C)/C=N/c1cc(C)c(C(=O)OCc2ccc(C)nn2)cc1C. The van der Waals surface area contributed by atoms with E-state index in [2.05, 4.69) is 22.1 Å². The lowest BCUT2D eigenvalue weighted by atomic mass is 10.0. The monoisotopic (exact) mass is 340 g/mol. The highest BCUT2D eigenvalue weighted by Crippen LogP contribution is 2.24. The van der Waals surface area contributed by atoms with Crippen LogP contribution in [0.4, 0.5) is 5.69 Å². The van der Waals surface area contributed by atoms with E-state index in [1.807, 2.05) is 50.9 Å². The lowest BCUT2D eigenvalue weighted by molar-refractivity contribution is 0.0466. The van der Waals surface area contributed by atoms with Crippen LogP contribution < -0.4 is 0 Å². The van der Waals surface area contributed by atoms with Crippen molar-refractivity contribution in [3.63, 3.8) is 0 Å². The topological polar surface area (TPSA) is 67.7 Å². The Hall–Kier alpha value is -2.76. The molecule has 1 aromatic heterocycles. The normalized spacial score (nSPS) is 10.9. The Balaban J connectivity index is 2.10. The Morgan fingerprint density at radius 3 is 2.60 bits per heavy atom. The molecule has 0 unspecified atom stereocenters. The maximum Gasteiger partial charge on any atom is 0.338 e. The van der Waals surface area contributed by atoms with Gasteiger partial charge >= 0.3 is 5.97 Å². The van der Waals surface area contributed by atoms with Gasteiger partial charge in [0.1, 0.15) is 12.3 Å². The molecule has 0 aliphatic rings. The highest BCUT2D eigenvalue weighted by Gasteiger charge is 2.13. The number of hydrogen-bond donors (Lipinski definition) is 0. The van der Waals surface area contributed by atoms with Gasteiger partial charge in [0.15, 0.2) is 0 Å². The van der Waals surface area contributed by atoms with Crippen LogP contribution in [0.15, 0.2) is 29.3 Å². The van der Waals surface area contributed by atoms with E-state index in [0.29, 0.717) is 11.3 Å². The minimum atomic E-state index is -0.371. The number of aromatic nitrogens is 2. The molecule has 0 spiro atoms. The van der Waals surface area contributed by atoms with Gasteiger partial charge in [0.25, 0.3) is 0 Å². The number of ether oxygens (including phenoxy) is 1. The zero-order chi connectivity index (χ0) is 18.4. The largest absolute Gasteiger partial charge is 0.455 e. The third-order valence-electron chi connectivity index (χ3n) is 3.86. The Labute approximate surface area is 148 Å². The molecule has 0 fully saturated rings. The molecule has 6 heteroatoms. The number of rotatable bonds is 6. The quantitative estimate of drug-likeness (QED) is 0.458. The van der Waals surface area contributed by atoms with Gasteiger partial charge < -0.3 is 9.64 Å². The van der Waals surface area contributed by atoms with Gasteiger partial charge in [-0.2, -0.15) is 10.2 Å². The Morgan fingerprint density at radius 1 is 1.20 bits per heavy atom. The van der Waals surface area contributed by atoms with Crippen LogP contribution in [-0.4, -0.2) is 41.0 Å². The predicted octanol–water partition coefficient (Wildman–Crippen LogP) is 3.37. The summed E-state index contributed by atoms with van der Waals surface area (Å²) in [4.78, 5) is 18.8. The van der Waals surface area contributed by atoms with E-state index in [1.165, 1.54) is 0 Å². The number of hydrogen-bond acceptors (Lipinski definition) is 5. The fourth-order valence-electron chi connectivity index (χ4n) is 2.12. The summed E-state index contributed by atoms with van der Waals surface area (Å²) in [5.41, 5.74) is 4.59. The Kier molecular flexibility index (Phi) is 6.22. The summed E-state index contributed by atoms with van der Waals surface area (Å²) in [6.45, 7) is 8.71. The van der Waals surface area contributed by atoms with E-state index >= 15 is 0 Å². The number of nitrogens with zero attached hydrogens (tertiary/aromatic N) is 4. The molecule has 0 aliphatic heterocycles. The number of carbonyl (C=O) groups excluding carboxylic acids is 1. The zero-order valence-electron chi connectivity index (χ0n) is 15.4. The predicted molar refractivity (Wildman–Crippen MR) is 98.3 cm³/mol. The van der Waals surface area contributed by atoms with Crippen LogP contribution in [0.25, 0.3) is 0 Å². The highest BCUT2D eigenvalue weighted by molar-refractivity contribution is 5.92. The minimum absolute atomic E-state index is 0.103. The first-order valence-electron chi connectivity index (χ1n) is 8.22. The molecular weight excluding hydrogens is 316 g/mol. The Bertz CT molecular complexity index is 770. The van der Waals surface area contributed by atoms with Crippen LogP contribution in [0.2, 0.25) is 0 Å². The number of esters is 1. The third kappa shape index (κ3) is 5.11. The molecule has 0 saturated carbocycles. The first-order valence-corrected chi connectivity index (χ1v) is 8.22. The van der Waals surface area contributed by atoms with E-state index in [-0.39, 0.29) is 12.6 Å². The molecule has 132 valence electrons. The van der Waals surface area contributed by atoms with E-state index < -0.39 is 0 Å². The molecule has 1 heterocycles. The molecule has 0 N–H and O–H groups in total. The van der Waals surface area contributed by atoms with Gasteiger partial charge in [0.05, 0.1) is 23.3 Å². The van der Waals surface area contributed by atoms with Gasteiger partial charge in [0.2, 0.25) is 0 Å². The summed E-state index contributed by atoms with van der Waals surface area (Å²) in [5, 5.41) is 7.95. The van der Waals surface area contributed by atoms with E-state index in [4.69, 9.17) is 4.74 Å². The highest BCUT2D eigenvalue weighted by atomic mass is 16.5. The van der Waals surface area contributed by atoms with Crippen LogP contribution in [0.5, 0.6) is 0 Å². The van der Waals surface area contributed by atoms with Gasteiger partial charge in [-0.25, -0.2) is 9.79 Å². The van der Waals surface area contributed by atoms with Gasteiger partial charge in [-0.3, -0.25) is 0 Å². The summed E-state index contributed by atoms with van der Waals surface area (Å²) in [5.74, 6) is -0.371. The number of carbonyl (C=O) groups is 1. The second kappa shape index (κ2) is 8.37. The van der Waals surface area contributed by atoms with Gasteiger partial charge in [-0.15, -0.1) is 0 Å². The average Bonchev–Trinajstić information content (AvgIpc) is 2.61. The minimum Gasteiger partial charge on any atom is -0.455 e. The van der Waals surface area contributed by atoms with Crippen LogP contribution in [-0.2, 0) is 11.3 Å². The summed E-state index contributed by atoms with van der Waals surface area (Å²) in [6, 6.07) is 7.36. The molecule has 0 aliphatic carbocycles. The molecule has 2 aromatic rings. The average molecular weight is 340 g/mol. The lowest BCUT2D eigenvalue weighted by Gasteiger charge is -2.11. The standard InChI is InChI=1S/C19H24N4O2/c1-6-23(5)12-20-18-10-13(2)17(9-14(18)3)19(24)25-11-16-8-7-15(4)21-22-16/h7-10,12H,6,11H2,1-5H3/b20-12+. The number of aliphatic imine (C=N–C) groups is 1. The lowest BCUT2D eigenvalue weighted by Crippen LogP contribution is -2.14. The van der Waals surface area contributed by atoms with Crippen molar-refractivity contribution in [3.05, 3.63) is 52.3 Å². The van der Waals surface area contributed by atoms with Gasteiger partial charge in [-0.1, -0.05) is 0 Å². The molecule has 0 amide bonds. The van der Waals surface area contributed by atoms with Crippen molar-refractivity contribution in [1.29, 1.82) is 0 Å². The Morgan fingerprint density at radius 2 is 1.96 bits per heavy atom. The van der Waals surface area contributed by atoms with Crippen molar-refractivity contribution in [2.45, 2.75) is 34.3 Å². The second-order valence-corrected chi connectivity index (χ2v) is 6.01. The van der Waals surface area contributed by atoms with Gasteiger partial charge in [0, 0.05) is 13.6 Å². The van der Waals surface area contributed by atoms with E-state index in [1.54, 1.807) is 12.4 Å². The molecule has 0 radical (unpaired) electrons. The van der Waals surface area contributed by atoms with E-state index in [9.17, 15) is 4.79 Å². The third-order valence-corrected chi connectivity index (χ3v) is 3.86. The van der Waals surface area contributed by atoms with Crippen molar-refractivity contribution in [2.24, 2.45) is 4.99 Å². The summed E-state index contributed by atoms with van der Waals surface area (Å²) in [7, 11) is 1.96. The van der Waals surface area contributed by atoms with Crippen molar-refractivity contribution in [2.75, 3.05) is 13.6 Å². The molecule has 0 atom stereocenters. The molecule has 2 rings (SSSR count). The first-order chi connectivity index (χ1) is 11.9. The molecular formula is C19H24N4O2. The fourth-order valence-corrected chi connectivity index (χ4v) is 2.12. The maximum absolute atomic E-state index is 12.4. The van der Waals surface area contributed by atoms with Gasteiger partial charge in [-0.05, 0) is 63.1 Å². The van der Waals surface area contributed by atoms with Crippen LogP contribution in [0.3, 0.4) is 0 Å². The summed E-state index contributed by atoms with van der Waals surface area (Å²) < 4.78 is 5.36. The second-order valence-electron chi connectivity index (χ2n) is 6.01. The molecule has 25 heavy (non-hydrogen) atoms. The molecule has 0 saturated heterocycles. The number of aryl methyl sites for hydroxylation is 3. The first kappa shape index (κ1) is 18.6. The van der Waals surface area contributed by atoms with Crippen molar-refractivity contribution in [1.82, 2.24) is 15.1 Å². The van der Waals surface area contributed by atoms with Crippen molar-refractivity contribution in [3.8, 4) is 0 Å². The summed E-state index contributed by atoms with van der Waals surface area (Å²) in [6.07, 6.45) is 1.79. The smallest absolute Gasteiger partial charge is 0.338 e. The molecule has 6 nitrogen and oxygen atoms in total. The molecule has 0 bridgehead atoms. The van der Waals surface area contributed by atoms with Crippen LogP contribution >= 0.6 is 0 Å². The number of benzene rings is 1. The summed E-state index contributed by atoms with van der Waals surface area (Å²) >= 11 is 0. The molecule has 1 aromatic carbocycles. The van der Waals surface area contributed by atoms with Crippen LogP contribution in [0.1, 0.15) is 39.8 Å². The zero-order valence-corrected chi connectivity index (χ0v) is 15.4. The maximum atomic E-state index is 12.4. The fraction of sp³-hybridized carbons (Fsp3) is 0.368.